The van der Waals surface area contributed by atoms with Gasteiger partial charge in [-0.15, -0.1) is 0 Å². The van der Waals surface area contributed by atoms with Crippen molar-refractivity contribution >= 4 is 0 Å². The third kappa shape index (κ3) is 5.21. The average molecular weight is 296 g/mol. The number of alkyl halides is 2. The Labute approximate surface area is 93.1 Å². The molecule has 0 aromatic carbocycles. The molecule has 2 atom stereocenters. The van der Waals surface area contributed by atoms with E-state index >= 15 is 0 Å². The summed E-state index contributed by atoms with van der Waals surface area (Å²) < 4.78 is 1.10. The van der Waals surface area contributed by atoms with Crippen LogP contribution in [-0.2, 0) is 0 Å². The minimum absolute atomic E-state index is 0.480. The van der Waals surface area contributed by atoms with Crippen molar-refractivity contribution < 1.29 is 21.2 Å². The molecular formula is C11H23IN-. The molecule has 0 spiro atoms. The van der Waals surface area contributed by atoms with Crippen LogP contribution in [0.3, 0.4) is 0 Å². The van der Waals surface area contributed by atoms with Crippen LogP contribution in [0.15, 0.2) is 0 Å². The van der Waals surface area contributed by atoms with Crippen LogP contribution in [0.4, 0.5) is 0 Å². The Balaban J connectivity index is 2.25. The Hall–Kier alpha value is 0.690. The molecule has 0 bridgehead atoms. The molecule has 1 fully saturated rings. The molecule has 1 aliphatic rings. The van der Waals surface area contributed by atoms with Crippen LogP contribution in [-0.4, -0.2) is 14.9 Å². The van der Waals surface area contributed by atoms with Crippen molar-refractivity contribution in [1.82, 2.24) is 0 Å². The van der Waals surface area contributed by atoms with Crippen LogP contribution in [0, 0.1) is 0 Å². The van der Waals surface area contributed by atoms with E-state index in [2.05, 4.69) is 4.93 Å². The molecule has 1 rings (SSSR count). The normalized spacial score (nSPS) is 33.1. The summed E-state index contributed by atoms with van der Waals surface area (Å²) in [6.45, 7) is 0. The van der Waals surface area contributed by atoms with Gasteiger partial charge in [0.15, 0.2) is 0 Å². The van der Waals surface area contributed by atoms with Gasteiger partial charge in [0.05, 0.1) is 0 Å². The van der Waals surface area contributed by atoms with E-state index in [9.17, 15) is 0 Å². The maximum absolute atomic E-state index is 6.02. The molecule has 0 aromatic rings. The fraction of sp³-hybridized carbons (Fsp3) is 1.00. The van der Waals surface area contributed by atoms with Gasteiger partial charge in [-0.2, -0.15) is 0 Å². The van der Waals surface area contributed by atoms with Gasteiger partial charge in [0.25, 0.3) is 0 Å². The summed E-state index contributed by atoms with van der Waals surface area (Å²) in [4.78, 5) is 2.44. The monoisotopic (exact) mass is 296 g/mol. The van der Waals surface area contributed by atoms with E-state index in [1.54, 1.807) is 0 Å². The van der Waals surface area contributed by atoms with Crippen molar-refractivity contribution in [3.63, 3.8) is 0 Å². The summed E-state index contributed by atoms with van der Waals surface area (Å²) in [5, 5.41) is 0. The van der Waals surface area contributed by atoms with E-state index in [4.69, 9.17) is 5.73 Å². The second-order valence-electron chi connectivity index (χ2n) is 4.14. The van der Waals surface area contributed by atoms with Gasteiger partial charge in [-0.1, -0.05) is 0 Å². The van der Waals surface area contributed by atoms with Gasteiger partial charge in [0.2, 0.25) is 0 Å². The van der Waals surface area contributed by atoms with Crippen LogP contribution in [0.2, 0.25) is 0 Å². The second kappa shape index (κ2) is 7.04. The number of nitrogens with two attached hydrogens (primary N) is 1. The van der Waals surface area contributed by atoms with Crippen molar-refractivity contribution in [2.45, 2.75) is 61.3 Å². The van der Waals surface area contributed by atoms with E-state index < -0.39 is 0 Å². The van der Waals surface area contributed by atoms with Crippen LogP contribution in [0.25, 0.3) is 0 Å². The molecular weight excluding hydrogens is 273 g/mol. The zero-order valence-electron chi connectivity index (χ0n) is 8.77. The first-order valence-corrected chi connectivity index (χ1v) is 8.97. The van der Waals surface area contributed by atoms with E-state index in [-0.39, 0.29) is 0 Å². The summed E-state index contributed by atoms with van der Waals surface area (Å²) in [5.74, 6) is 0. The van der Waals surface area contributed by atoms with Gasteiger partial charge in [-0.25, -0.2) is 0 Å². The molecule has 1 nitrogen and oxygen atoms in total. The molecule has 0 radical (unpaired) electrons. The number of hydrogen-bond donors (Lipinski definition) is 1. The minimum atomic E-state index is 0.480. The van der Waals surface area contributed by atoms with Gasteiger partial charge in [0.1, 0.15) is 0 Å². The third-order valence-electron chi connectivity index (χ3n) is 2.99. The van der Waals surface area contributed by atoms with Gasteiger partial charge in [-0.05, 0) is 0 Å². The predicted molar refractivity (Wildman–Crippen MR) is 54.6 cm³/mol. The first-order valence-electron chi connectivity index (χ1n) is 5.56. The van der Waals surface area contributed by atoms with Crippen molar-refractivity contribution in [3.8, 4) is 0 Å². The molecule has 0 amide bonds. The van der Waals surface area contributed by atoms with Crippen LogP contribution < -0.4 is 26.9 Å². The summed E-state index contributed by atoms with van der Waals surface area (Å²) in [6, 6.07) is 0.508. The molecule has 13 heavy (non-hydrogen) atoms. The van der Waals surface area contributed by atoms with Gasteiger partial charge in [0, 0.05) is 0 Å². The Bertz CT molecular complexity index is 127. The average Bonchev–Trinajstić information content (AvgIpc) is 2.15. The molecule has 2 heteroatoms. The summed E-state index contributed by atoms with van der Waals surface area (Å²) in [6.07, 6.45) is 11.2. The van der Waals surface area contributed by atoms with E-state index in [0.717, 1.165) is 3.92 Å². The first kappa shape index (κ1) is 11.8. The summed E-state index contributed by atoms with van der Waals surface area (Å²) >= 11 is 0.480. The second-order valence-corrected chi connectivity index (χ2v) is 7.15. The fourth-order valence-corrected chi connectivity index (χ4v) is 4.18. The molecule has 0 aromatic heterocycles. The number of rotatable bonds is 1. The molecule has 0 aliphatic heterocycles. The van der Waals surface area contributed by atoms with Crippen molar-refractivity contribution in [3.05, 3.63) is 0 Å². The molecule has 80 valence electrons. The summed E-state index contributed by atoms with van der Waals surface area (Å²) in [5.41, 5.74) is 6.02. The van der Waals surface area contributed by atoms with Gasteiger partial charge >= 0.3 is 93.2 Å². The van der Waals surface area contributed by atoms with E-state index in [0.29, 0.717) is 27.2 Å². The first-order chi connectivity index (χ1) is 6.33. The van der Waals surface area contributed by atoms with Crippen LogP contribution >= 0.6 is 0 Å². The molecule has 1 saturated carbocycles. The molecule has 1 aliphatic carbocycles. The zero-order chi connectivity index (χ0) is 9.52. The molecule has 0 heterocycles. The SMILES string of the molecule is C[I-]C1CCCCCC(N)CCC1. The standard InChI is InChI=1S/C11H23IN/c1-12-10-6-3-2-4-8-11(13)9-5-7-10/h10-11H,2-9,13H2,1H3/q-1. The summed E-state index contributed by atoms with van der Waals surface area (Å²) in [7, 11) is 0. The molecule has 2 N–H and O–H groups in total. The Morgan fingerprint density at radius 2 is 1.54 bits per heavy atom. The fourth-order valence-electron chi connectivity index (χ4n) is 2.06. The van der Waals surface area contributed by atoms with E-state index in [1.807, 2.05) is 0 Å². The molecule has 0 saturated heterocycles. The van der Waals surface area contributed by atoms with Gasteiger partial charge < -0.3 is 0 Å². The predicted octanol–water partition coefficient (Wildman–Crippen LogP) is -0.464. The third-order valence-corrected chi connectivity index (χ3v) is 6.00. The Morgan fingerprint density at radius 1 is 0.923 bits per heavy atom. The molecule has 2 unspecified atom stereocenters. The van der Waals surface area contributed by atoms with Crippen molar-refractivity contribution in [1.29, 1.82) is 0 Å². The Kier molecular flexibility index (Phi) is 6.37. The topological polar surface area (TPSA) is 26.0 Å². The number of hydrogen-bond acceptors (Lipinski definition) is 1. The maximum atomic E-state index is 6.02. The van der Waals surface area contributed by atoms with E-state index in [1.165, 1.54) is 51.4 Å². The van der Waals surface area contributed by atoms with Crippen LogP contribution in [0.1, 0.15) is 51.4 Å². The van der Waals surface area contributed by atoms with Gasteiger partial charge in [-0.3, -0.25) is 0 Å². The van der Waals surface area contributed by atoms with Crippen molar-refractivity contribution in [2.24, 2.45) is 5.73 Å². The zero-order valence-corrected chi connectivity index (χ0v) is 10.9. The van der Waals surface area contributed by atoms with Crippen molar-refractivity contribution in [2.75, 3.05) is 4.93 Å². The number of halogens is 1. The quantitative estimate of drug-likeness (QED) is 0.514. The van der Waals surface area contributed by atoms with Crippen LogP contribution in [0.5, 0.6) is 0 Å². The Morgan fingerprint density at radius 3 is 2.31 bits per heavy atom.